The van der Waals surface area contributed by atoms with E-state index in [1.54, 1.807) is 0 Å². The summed E-state index contributed by atoms with van der Waals surface area (Å²) in [5.74, 6) is 1.24. The molecule has 1 saturated heterocycles. The molecule has 1 atom stereocenters. The first kappa shape index (κ1) is 13.9. The lowest BCUT2D eigenvalue weighted by Gasteiger charge is -2.27. The van der Waals surface area contributed by atoms with Gasteiger partial charge in [-0.15, -0.1) is 0 Å². The van der Waals surface area contributed by atoms with E-state index in [4.69, 9.17) is 0 Å². The molecule has 0 radical (unpaired) electrons. The van der Waals surface area contributed by atoms with Crippen LogP contribution in [-0.4, -0.2) is 47.9 Å². The highest BCUT2D eigenvalue weighted by Gasteiger charge is 2.24. The van der Waals surface area contributed by atoms with Crippen molar-refractivity contribution in [2.45, 2.75) is 31.1 Å². The molecule has 4 nitrogen and oxygen atoms in total. The minimum Gasteiger partial charge on any atom is -0.358 e. The first-order valence-electron chi connectivity index (χ1n) is 6.54. The number of aromatic nitrogens is 2. The highest BCUT2D eigenvalue weighted by molar-refractivity contribution is 9.08. The molecule has 1 unspecified atom stereocenters. The van der Waals surface area contributed by atoms with Crippen molar-refractivity contribution in [2.75, 3.05) is 32.1 Å². The molecule has 0 aliphatic carbocycles. The van der Waals surface area contributed by atoms with Gasteiger partial charge >= 0.3 is 0 Å². The molecule has 0 amide bonds. The highest BCUT2D eigenvalue weighted by atomic mass is 79.9. The summed E-state index contributed by atoms with van der Waals surface area (Å²) < 4.78 is 2.00. The number of rotatable bonds is 4. The van der Waals surface area contributed by atoms with Crippen LogP contribution in [0.2, 0.25) is 0 Å². The summed E-state index contributed by atoms with van der Waals surface area (Å²) >= 11 is 3.57. The van der Waals surface area contributed by atoms with Gasteiger partial charge in [0.25, 0.3) is 0 Å². The summed E-state index contributed by atoms with van der Waals surface area (Å²) in [6.07, 6.45) is 2.63. The average Bonchev–Trinajstić information content (AvgIpc) is 2.82. The zero-order valence-corrected chi connectivity index (χ0v) is 13.4. The van der Waals surface area contributed by atoms with Crippen LogP contribution >= 0.6 is 15.9 Å². The van der Waals surface area contributed by atoms with Crippen LogP contribution in [0.3, 0.4) is 0 Å². The van der Waals surface area contributed by atoms with Gasteiger partial charge in [-0.05, 0) is 33.4 Å². The van der Waals surface area contributed by atoms with E-state index >= 15 is 0 Å². The van der Waals surface area contributed by atoms with Crippen molar-refractivity contribution in [3.63, 3.8) is 0 Å². The monoisotopic (exact) mass is 314 g/mol. The van der Waals surface area contributed by atoms with Gasteiger partial charge in [0.1, 0.15) is 5.82 Å². The van der Waals surface area contributed by atoms with Crippen LogP contribution in [0.25, 0.3) is 0 Å². The van der Waals surface area contributed by atoms with Crippen molar-refractivity contribution < 1.29 is 0 Å². The molecule has 0 spiro atoms. The van der Waals surface area contributed by atoms with Gasteiger partial charge in [0.15, 0.2) is 0 Å². The second-order valence-corrected chi connectivity index (χ2v) is 5.86. The maximum Gasteiger partial charge on any atom is 0.130 e. The number of nitrogens with zero attached hydrogens (tertiary/aromatic N) is 4. The Bertz CT molecular complexity index is 415. The van der Waals surface area contributed by atoms with Crippen molar-refractivity contribution >= 4 is 21.7 Å². The highest BCUT2D eigenvalue weighted by Crippen LogP contribution is 2.26. The summed E-state index contributed by atoms with van der Waals surface area (Å²) in [5, 5.41) is 5.40. The minimum atomic E-state index is 0.674. The first-order valence-corrected chi connectivity index (χ1v) is 7.66. The number of hydrogen-bond donors (Lipinski definition) is 0. The molecule has 0 aromatic carbocycles. The Morgan fingerprint density at radius 3 is 2.72 bits per heavy atom. The molecule has 102 valence electrons. The van der Waals surface area contributed by atoms with Gasteiger partial charge in [0.05, 0.1) is 5.69 Å². The van der Waals surface area contributed by atoms with Crippen LogP contribution < -0.4 is 4.90 Å². The zero-order chi connectivity index (χ0) is 13.3. The number of likely N-dealkylation sites (N-methyl/N-ethyl adjacent to an activating group) is 2. The molecule has 0 N–H and O–H groups in total. The van der Waals surface area contributed by atoms with Gasteiger partial charge in [0.2, 0.25) is 0 Å². The van der Waals surface area contributed by atoms with Crippen LogP contribution in [0.5, 0.6) is 0 Å². The molecule has 0 saturated carbocycles. The second kappa shape index (κ2) is 5.61. The molecule has 0 bridgehead atoms. The average molecular weight is 315 g/mol. The van der Waals surface area contributed by atoms with E-state index in [0.29, 0.717) is 6.04 Å². The quantitative estimate of drug-likeness (QED) is 0.796. The number of alkyl halides is 1. The Labute approximate surface area is 118 Å². The van der Waals surface area contributed by atoms with Crippen LogP contribution in [0.1, 0.15) is 24.1 Å². The number of anilines is 1. The van der Waals surface area contributed by atoms with Crippen LogP contribution in [0.4, 0.5) is 5.82 Å². The van der Waals surface area contributed by atoms with Gasteiger partial charge in [-0.1, -0.05) is 15.9 Å². The van der Waals surface area contributed by atoms with Gasteiger partial charge in [0, 0.05) is 37.6 Å². The van der Waals surface area contributed by atoms with Gasteiger partial charge in [-0.25, -0.2) is 0 Å². The summed E-state index contributed by atoms with van der Waals surface area (Å²) in [7, 11) is 6.43. The number of hydrogen-bond acceptors (Lipinski definition) is 3. The summed E-state index contributed by atoms with van der Waals surface area (Å²) in [4.78, 5) is 4.82. The van der Waals surface area contributed by atoms with E-state index in [2.05, 4.69) is 51.8 Å². The van der Waals surface area contributed by atoms with Crippen molar-refractivity contribution in [1.29, 1.82) is 0 Å². The molecule has 1 aliphatic rings. The largest absolute Gasteiger partial charge is 0.358 e. The maximum atomic E-state index is 4.53. The summed E-state index contributed by atoms with van der Waals surface area (Å²) in [6, 6.07) is 0.674. The fourth-order valence-electron chi connectivity index (χ4n) is 2.94. The lowest BCUT2D eigenvalue weighted by molar-refractivity contribution is 0.313. The van der Waals surface area contributed by atoms with Gasteiger partial charge in [-0.3, -0.25) is 4.68 Å². The lowest BCUT2D eigenvalue weighted by atomic mass is 10.2. The fourth-order valence-corrected chi connectivity index (χ4v) is 3.59. The zero-order valence-electron chi connectivity index (χ0n) is 11.8. The number of likely N-dealkylation sites (tertiary alicyclic amines) is 1. The Morgan fingerprint density at radius 1 is 1.44 bits per heavy atom. The van der Waals surface area contributed by atoms with Crippen molar-refractivity contribution in [3.05, 3.63) is 11.3 Å². The fraction of sp³-hybridized carbons (Fsp3) is 0.769. The predicted molar refractivity (Wildman–Crippen MR) is 79.5 cm³/mol. The van der Waals surface area contributed by atoms with Crippen LogP contribution in [0.15, 0.2) is 0 Å². The minimum absolute atomic E-state index is 0.674. The predicted octanol–water partition coefficient (Wildman–Crippen LogP) is 2.15. The first-order chi connectivity index (χ1) is 8.54. The standard InChI is InChI=1S/C13H23BrN4/c1-10-12(8-14)13(18(4)15-10)17(3)9-11-6-5-7-16(11)2/h11H,5-9H2,1-4H3. The third-order valence-electron chi connectivity index (χ3n) is 3.96. The van der Waals surface area contributed by atoms with Crippen molar-refractivity contribution in [3.8, 4) is 0 Å². The topological polar surface area (TPSA) is 24.3 Å². The van der Waals surface area contributed by atoms with Crippen molar-refractivity contribution in [2.24, 2.45) is 7.05 Å². The van der Waals surface area contributed by atoms with E-state index in [1.807, 2.05) is 11.7 Å². The van der Waals surface area contributed by atoms with E-state index in [-0.39, 0.29) is 0 Å². The molecule has 5 heteroatoms. The molecule has 1 fully saturated rings. The van der Waals surface area contributed by atoms with Crippen LogP contribution in [0, 0.1) is 6.92 Å². The smallest absolute Gasteiger partial charge is 0.130 e. The Kier molecular flexibility index (Phi) is 4.33. The molecule has 1 aromatic heterocycles. The summed E-state index contributed by atoms with van der Waals surface area (Å²) in [5.41, 5.74) is 2.43. The summed E-state index contributed by atoms with van der Waals surface area (Å²) in [6.45, 7) is 4.39. The third-order valence-corrected chi connectivity index (χ3v) is 4.53. The number of aryl methyl sites for hydroxylation is 2. The van der Waals surface area contributed by atoms with E-state index in [1.165, 1.54) is 30.8 Å². The molecule has 1 aromatic rings. The van der Waals surface area contributed by atoms with Crippen LogP contribution in [-0.2, 0) is 12.4 Å². The SMILES string of the molecule is Cc1nn(C)c(N(C)CC2CCCN2C)c1CBr. The molecule has 18 heavy (non-hydrogen) atoms. The molecule has 2 heterocycles. The van der Waals surface area contributed by atoms with Crippen molar-refractivity contribution in [1.82, 2.24) is 14.7 Å². The maximum absolute atomic E-state index is 4.53. The molecular formula is C13H23BrN4. The Balaban J connectivity index is 2.15. The normalized spacial score (nSPS) is 20.6. The lowest BCUT2D eigenvalue weighted by Crippen LogP contribution is -2.37. The van der Waals surface area contributed by atoms with E-state index in [9.17, 15) is 0 Å². The molecule has 1 aliphatic heterocycles. The molecule has 2 rings (SSSR count). The van der Waals surface area contributed by atoms with Gasteiger partial charge in [-0.2, -0.15) is 5.10 Å². The van der Waals surface area contributed by atoms with E-state index < -0.39 is 0 Å². The Hall–Kier alpha value is -0.550. The second-order valence-electron chi connectivity index (χ2n) is 5.30. The third kappa shape index (κ3) is 2.57. The van der Waals surface area contributed by atoms with E-state index in [0.717, 1.165) is 17.6 Å². The number of halogens is 1. The van der Waals surface area contributed by atoms with Gasteiger partial charge < -0.3 is 9.80 Å². The Morgan fingerprint density at radius 2 is 2.17 bits per heavy atom. The molecular weight excluding hydrogens is 292 g/mol.